The maximum absolute atomic E-state index is 10.4. The fourth-order valence-electron chi connectivity index (χ4n) is 2.72. The summed E-state index contributed by atoms with van der Waals surface area (Å²) in [7, 11) is 0. The smallest absolute Gasteiger partial charge is 0.300 e. The van der Waals surface area contributed by atoms with Crippen molar-refractivity contribution in [3.05, 3.63) is 115 Å². The summed E-state index contributed by atoms with van der Waals surface area (Å²) in [6.45, 7) is 0. The van der Waals surface area contributed by atoms with E-state index in [1.807, 2.05) is 0 Å². The number of nitrogens with zero attached hydrogens (tertiary/aromatic N) is 6. The number of anilines is 3. The molecule has 222 valence electrons. The summed E-state index contributed by atoms with van der Waals surface area (Å²) in [5.74, 6) is 15.0. The highest BCUT2D eigenvalue weighted by molar-refractivity contribution is 5.66. The average molecular weight is 594 g/mol. The summed E-state index contributed by atoms with van der Waals surface area (Å²) in [6.07, 6.45) is 0. The SMILES string of the molecule is NNc1ccc([N+](=O)[O-])cc1[N+](=O)[O-].NNc1ccc([N+](=O)[O-])cc1[N+](=O)[O-].NNc1ccc([N+](=O)[O-])cc1[N+](=O)[O-]. The molecule has 0 radical (unpaired) electrons. The number of hydrazine groups is 3. The number of benzene rings is 3. The van der Waals surface area contributed by atoms with Crippen molar-refractivity contribution in [3.8, 4) is 0 Å². The van der Waals surface area contributed by atoms with Crippen LogP contribution in [0.1, 0.15) is 0 Å². The quantitative estimate of drug-likeness (QED) is 0.117. The van der Waals surface area contributed by atoms with E-state index in [4.69, 9.17) is 17.5 Å². The van der Waals surface area contributed by atoms with Crippen molar-refractivity contribution in [1.29, 1.82) is 0 Å². The summed E-state index contributed by atoms with van der Waals surface area (Å²) >= 11 is 0. The minimum atomic E-state index is -0.748. The number of hydrogen-bond acceptors (Lipinski definition) is 18. The molecule has 0 amide bonds. The molecule has 0 saturated carbocycles. The van der Waals surface area contributed by atoms with E-state index in [9.17, 15) is 60.7 Å². The number of non-ortho nitro benzene ring substituents is 3. The van der Waals surface area contributed by atoms with Gasteiger partial charge in [0.25, 0.3) is 17.1 Å². The molecule has 0 atom stereocenters. The molecule has 9 N–H and O–H groups in total. The minimum Gasteiger partial charge on any atom is -0.318 e. The van der Waals surface area contributed by atoms with Crippen molar-refractivity contribution in [2.24, 2.45) is 17.5 Å². The van der Waals surface area contributed by atoms with Crippen LogP contribution in [0.4, 0.5) is 51.2 Å². The Kier molecular flexibility index (Phi) is 12.0. The van der Waals surface area contributed by atoms with Gasteiger partial charge in [0.05, 0.1) is 47.7 Å². The van der Waals surface area contributed by atoms with Crippen molar-refractivity contribution >= 4 is 51.2 Å². The van der Waals surface area contributed by atoms with Gasteiger partial charge in [-0.15, -0.1) is 0 Å². The zero-order chi connectivity index (χ0) is 32.1. The third-order valence-electron chi connectivity index (χ3n) is 4.63. The average Bonchev–Trinajstić information content (AvgIpc) is 2.96. The van der Waals surface area contributed by atoms with Gasteiger partial charge in [-0.1, -0.05) is 0 Å². The molecule has 0 aliphatic heterocycles. The molecule has 0 spiro atoms. The molecule has 3 aromatic carbocycles. The van der Waals surface area contributed by atoms with E-state index in [2.05, 4.69) is 16.3 Å². The maximum Gasteiger partial charge on any atom is 0.300 e. The van der Waals surface area contributed by atoms with Gasteiger partial charge in [-0.05, 0) is 18.2 Å². The zero-order valence-electron chi connectivity index (χ0n) is 20.5. The van der Waals surface area contributed by atoms with Gasteiger partial charge in [-0.3, -0.25) is 78.2 Å². The molecule has 0 bridgehead atoms. The predicted octanol–water partition coefficient (Wildman–Crippen LogP) is 2.37. The molecule has 0 heterocycles. The van der Waals surface area contributed by atoms with Gasteiger partial charge < -0.3 is 16.3 Å². The molecule has 42 heavy (non-hydrogen) atoms. The summed E-state index contributed by atoms with van der Waals surface area (Å²) in [5.41, 5.74) is 3.98. The molecule has 0 unspecified atom stereocenters. The van der Waals surface area contributed by atoms with E-state index < -0.39 is 46.6 Å². The summed E-state index contributed by atoms with van der Waals surface area (Å²) in [4.78, 5) is 57.9. The molecule has 0 saturated heterocycles. The molecule has 24 heteroatoms. The van der Waals surface area contributed by atoms with Gasteiger partial charge in [0.1, 0.15) is 17.1 Å². The van der Waals surface area contributed by atoms with E-state index in [0.717, 1.165) is 36.4 Å². The first-order valence-electron chi connectivity index (χ1n) is 10.4. The second-order valence-corrected chi connectivity index (χ2v) is 7.08. The lowest BCUT2D eigenvalue weighted by Gasteiger charge is -2.00. The van der Waals surface area contributed by atoms with Crippen molar-refractivity contribution in [2.45, 2.75) is 0 Å². The fourth-order valence-corrected chi connectivity index (χ4v) is 2.72. The Balaban J connectivity index is 0.000000315. The minimum absolute atomic E-state index is 0.0283. The molecule has 0 aliphatic rings. The van der Waals surface area contributed by atoms with Crippen LogP contribution in [0.2, 0.25) is 0 Å². The number of nitro groups is 6. The van der Waals surface area contributed by atoms with Gasteiger partial charge in [0.2, 0.25) is 0 Å². The van der Waals surface area contributed by atoms with Crippen LogP contribution >= 0.6 is 0 Å². The Bertz CT molecular complexity index is 1350. The lowest BCUT2D eigenvalue weighted by molar-refractivity contribution is -0.393. The van der Waals surface area contributed by atoms with Crippen molar-refractivity contribution in [2.75, 3.05) is 16.3 Å². The lowest BCUT2D eigenvalue weighted by atomic mass is 10.2. The van der Waals surface area contributed by atoms with Crippen LogP contribution in [0.25, 0.3) is 0 Å². The number of rotatable bonds is 9. The third-order valence-corrected chi connectivity index (χ3v) is 4.63. The molecule has 24 nitrogen and oxygen atoms in total. The topological polar surface area (TPSA) is 373 Å². The fraction of sp³-hybridized carbons (Fsp3) is 0. The Labute approximate surface area is 230 Å². The Morgan fingerprint density at radius 1 is 0.405 bits per heavy atom. The number of nitro benzene ring substituents is 6. The first kappa shape index (κ1) is 33.4. The van der Waals surface area contributed by atoms with Crippen LogP contribution in [0, 0.1) is 60.7 Å². The highest BCUT2D eigenvalue weighted by atomic mass is 16.6. The Hall–Kier alpha value is -6.66. The number of nitrogen functional groups attached to an aromatic ring is 3. The number of nitrogens with one attached hydrogen (secondary N) is 3. The second-order valence-electron chi connectivity index (χ2n) is 7.08. The predicted molar refractivity (Wildman–Crippen MR) is 143 cm³/mol. The molecule has 0 fully saturated rings. The standard InChI is InChI=1S/3C6H6N4O4/c3*7-8-5-2-1-4(9(11)12)3-6(5)10(13)14/h3*1-3,8H,7H2. The van der Waals surface area contributed by atoms with Crippen molar-refractivity contribution in [1.82, 2.24) is 0 Å². The van der Waals surface area contributed by atoms with E-state index in [0.29, 0.717) is 0 Å². The van der Waals surface area contributed by atoms with Crippen LogP contribution in [-0.4, -0.2) is 29.5 Å². The monoisotopic (exact) mass is 594 g/mol. The molecular formula is C18H18N12O12. The molecule has 0 aromatic heterocycles. The van der Waals surface area contributed by atoms with Crippen LogP contribution in [0.3, 0.4) is 0 Å². The molecule has 0 aliphatic carbocycles. The van der Waals surface area contributed by atoms with Gasteiger partial charge in [0, 0.05) is 18.2 Å². The van der Waals surface area contributed by atoms with Crippen LogP contribution in [-0.2, 0) is 0 Å². The van der Waals surface area contributed by atoms with E-state index in [-0.39, 0.29) is 34.1 Å². The third kappa shape index (κ3) is 8.97. The van der Waals surface area contributed by atoms with Gasteiger partial charge in [-0.2, -0.15) is 0 Å². The molecule has 3 rings (SSSR count). The van der Waals surface area contributed by atoms with Crippen molar-refractivity contribution < 1.29 is 29.5 Å². The maximum atomic E-state index is 10.4. The normalized spacial score (nSPS) is 9.50. The summed E-state index contributed by atoms with van der Waals surface area (Å²) < 4.78 is 0. The van der Waals surface area contributed by atoms with E-state index in [1.165, 1.54) is 18.2 Å². The van der Waals surface area contributed by atoms with Gasteiger partial charge in [0.15, 0.2) is 0 Å². The largest absolute Gasteiger partial charge is 0.318 e. The van der Waals surface area contributed by atoms with Gasteiger partial charge in [-0.25, -0.2) is 0 Å². The summed E-state index contributed by atoms with van der Waals surface area (Å²) in [6, 6.07) is 9.44. The zero-order valence-corrected chi connectivity index (χ0v) is 20.5. The molecule has 3 aromatic rings. The van der Waals surface area contributed by atoms with Gasteiger partial charge >= 0.3 is 17.1 Å². The van der Waals surface area contributed by atoms with Crippen molar-refractivity contribution in [3.63, 3.8) is 0 Å². The van der Waals surface area contributed by atoms with Crippen LogP contribution in [0.15, 0.2) is 54.6 Å². The first-order valence-corrected chi connectivity index (χ1v) is 10.4. The van der Waals surface area contributed by atoms with E-state index >= 15 is 0 Å². The summed E-state index contributed by atoms with van der Waals surface area (Å²) in [5, 5.41) is 62.2. The van der Waals surface area contributed by atoms with Crippen LogP contribution in [0.5, 0.6) is 0 Å². The Morgan fingerprint density at radius 3 is 0.762 bits per heavy atom. The number of nitrogens with two attached hydrogens (primary N) is 3. The highest BCUT2D eigenvalue weighted by Gasteiger charge is 2.20. The van der Waals surface area contributed by atoms with Crippen LogP contribution < -0.4 is 33.8 Å². The lowest BCUT2D eigenvalue weighted by Crippen LogP contribution is -2.09. The molecular weight excluding hydrogens is 576 g/mol. The number of hydrogen-bond donors (Lipinski definition) is 6. The Morgan fingerprint density at radius 2 is 0.619 bits per heavy atom. The second kappa shape index (κ2) is 15.1. The highest BCUT2D eigenvalue weighted by Crippen LogP contribution is 2.29. The first-order chi connectivity index (χ1) is 19.7. The van der Waals surface area contributed by atoms with E-state index in [1.54, 1.807) is 0 Å².